The number of benzene rings is 1. The molecular formula is C18H21FN4O. The van der Waals surface area contributed by atoms with Crippen LogP contribution in [0.2, 0.25) is 0 Å². The third-order valence-corrected chi connectivity index (χ3v) is 4.54. The first-order valence-electron chi connectivity index (χ1n) is 8.02. The maximum absolute atomic E-state index is 13.2. The van der Waals surface area contributed by atoms with Gasteiger partial charge in [-0.25, -0.2) is 4.39 Å². The highest BCUT2D eigenvalue weighted by Crippen LogP contribution is 2.40. The molecule has 0 aliphatic carbocycles. The topological polar surface area (TPSA) is 49.3 Å². The zero-order chi connectivity index (χ0) is 17.2. The molecule has 6 heteroatoms. The van der Waals surface area contributed by atoms with Crippen LogP contribution >= 0.6 is 0 Å². The highest BCUT2D eigenvalue weighted by atomic mass is 19.1. The molecule has 0 N–H and O–H groups in total. The van der Waals surface area contributed by atoms with Crippen molar-refractivity contribution in [2.45, 2.75) is 24.9 Å². The van der Waals surface area contributed by atoms with Crippen molar-refractivity contribution in [3.05, 3.63) is 59.9 Å². The lowest BCUT2D eigenvalue weighted by Crippen LogP contribution is -2.52. The summed E-state index contributed by atoms with van der Waals surface area (Å²) in [6.07, 6.45) is 6.50. The van der Waals surface area contributed by atoms with E-state index < -0.39 is 5.54 Å². The first-order chi connectivity index (χ1) is 11.5. The van der Waals surface area contributed by atoms with E-state index in [1.165, 1.54) is 12.1 Å². The molecule has 0 unspecified atom stereocenters. The van der Waals surface area contributed by atoms with E-state index in [0.717, 1.165) is 18.5 Å². The lowest BCUT2D eigenvalue weighted by atomic mass is 9.90. The minimum atomic E-state index is -0.813. The summed E-state index contributed by atoms with van der Waals surface area (Å²) in [5.74, 6) is -0.257. The Morgan fingerprint density at radius 1 is 1.29 bits per heavy atom. The van der Waals surface area contributed by atoms with Gasteiger partial charge < -0.3 is 4.90 Å². The number of hydrogen-bond donors (Lipinski definition) is 0. The molecule has 1 aromatic heterocycles. The van der Waals surface area contributed by atoms with E-state index in [0.29, 0.717) is 18.7 Å². The van der Waals surface area contributed by atoms with Gasteiger partial charge in [-0.3, -0.25) is 19.7 Å². The SMILES string of the molecule is CN(C)C(=O)[C@@]1(c2cnccn2)CCCN1Cc1ccc(F)cc1. The minimum Gasteiger partial charge on any atom is -0.347 e. The van der Waals surface area contributed by atoms with Gasteiger partial charge in [0, 0.05) is 33.0 Å². The van der Waals surface area contributed by atoms with Crippen LogP contribution in [0.4, 0.5) is 4.39 Å². The van der Waals surface area contributed by atoms with Gasteiger partial charge in [0.15, 0.2) is 0 Å². The zero-order valence-corrected chi connectivity index (χ0v) is 13.9. The summed E-state index contributed by atoms with van der Waals surface area (Å²) in [7, 11) is 3.52. The summed E-state index contributed by atoms with van der Waals surface area (Å²) >= 11 is 0. The molecule has 1 atom stereocenters. The number of hydrogen-bond acceptors (Lipinski definition) is 4. The fourth-order valence-corrected chi connectivity index (χ4v) is 3.42. The van der Waals surface area contributed by atoms with Crippen molar-refractivity contribution in [3.8, 4) is 0 Å². The number of carbonyl (C=O) groups excluding carboxylic acids is 1. The fourth-order valence-electron chi connectivity index (χ4n) is 3.42. The van der Waals surface area contributed by atoms with E-state index in [2.05, 4.69) is 14.9 Å². The fraction of sp³-hybridized carbons (Fsp3) is 0.389. The summed E-state index contributed by atoms with van der Waals surface area (Å²) < 4.78 is 13.2. The minimum absolute atomic E-state index is 0.00242. The van der Waals surface area contributed by atoms with Gasteiger partial charge in [0.2, 0.25) is 5.91 Å². The molecule has 1 saturated heterocycles. The number of likely N-dealkylation sites (N-methyl/N-ethyl adjacent to an activating group) is 1. The van der Waals surface area contributed by atoms with Crippen LogP contribution in [0.5, 0.6) is 0 Å². The predicted molar refractivity (Wildman–Crippen MR) is 88.4 cm³/mol. The van der Waals surface area contributed by atoms with Gasteiger partial charge in [-0.15, -0.1) is 0 Å². The van der Waals surface area contributed by atoms with Crippen LogP contribution in [0, 0.1) is 5.82 Å². The molecule has 0 saturated carbocycles. The van der Waals surface area contributed by atoms with Gasteiger partial charge in [0.25, 0.3) is 0 Å². The molecular weight excluding hydrogens is 307 g/mol. The smallest absolute Gasteiger partial charge is 0.248 e. The molecule has 2 aromatic rings. The Kier molecular flexibility index (Phi) is 4.57. The molecule has 0 radical (unpaired) electrons. The van der Waals surface area contributed by atoms with Gasteiger partial charge >= 0.3 is 0 Å². The number of aromatic nitrogens is 2. The van der Waals surface area contributed by atoms with Crippen molar-refractivity contribution in [2.75, 3.05) is 20.6 Å². The number of rotatable bonds is 4. The average Bonchev–Trinajstić information content (AvgIpc) is 3.01. The van der Waals surface area contributed by atoms with Crippen molar-refractivity contribution >= 4 is 5.91 Å². The summed E-state index contributed by atoms with van der Waals surface area (Å²) in [4.78, 5) is 25.4. The predicted octanol–water partition coefficient (Wildman–Crippen LogP) is 2.20. The van der Waals surface area contributed by atoms with Gasteiger partial charge in [-0.05, 0) is 37.1 Å². The Morgan fingerprint density at radius 3 is 2.67 bits per heavy atom. The maximum atomic E-state index is 13.2. The Bertz CT molecular complexity index is 705. The van der Waals surface area contributed by atoms with Gasteiger partial charge in [-0.1, -0.05) is 12.1 Å². The zero-order valence-electron chi connectivity index (χ0n) is 13.9. The number of halogens is 1. The van der Waals surface area contributed by atoms with Crippen LogP contribution < -0.4 is 0 Å². The third kappa shape index (κ3) is 2.89. The molecule has 24 heavy (non-hydrogen) atoms. The van der Waals surface area contributed by atoms with E-state index in [1.807, 2.05) is 0 Å². The molecule has 1 aliphatic rings. The molecule has 5 nitrogen and oxygen atoms in total. The molecule has 1 aromatic carbocycles. The number of likely N-dealkylation sites (tertiary alicyclic amines) is 1. The number of carbonyl (C=O) groups is 1. The quantitative estimate of drug-likeness (QED) is 0.863. The molecule has 1 fully saturated rings. The second kappa shape index (κ2) is 6.65. The van der Waals surface area contributed by atoms with E-state index in [4.69, 9.17) is 0 Å². The second-order valence-electron chi connectivity index (χ2n) is 6.30. The molecule has 126 valence electrons. The maximum Gasteiger partial charge on any atom is 0.248 e. The van der Waals surface area contributed by atoms with Crippen LogP contribution in [0.1, 0.15) is 24.1 Å². The Labute approximate surface area is 141 Å². The van der Waals surface area contributed by atoms with Crippen LogP contribution in [-0.2, 0) is 16.9 Å². The average molecular weight is 328 g/mol. The largest absolute Gasteiger partial charge is 0.347 e. The Morgan fingerprint density at radius 2 is 2.04 bits per heavy atom. The first-order valence-corrected chi connectivity index (χ1v) is 8.02. The van der Waals surface area contributed by atoms with Crippen molar-refractivity contribution in [3.63, 3.8) is 0 Å². The normalized spacial score (nSPS) is 21.0. The summed E-state index contributed by atoms with van der Waals surface area (Å²) in [6.45, 7) is 1.35. The van der Waals surface area contributed by atoms with E-state index in [-0.39, 0.29) is 11.7 Å². The molecule has 1 amide bonds. The van der Waals surface area contributed by atoms with Crippen LogP contribution in [0.3, 0.4) is 0 Å². The molecule has 2 heterocycles. The summed E-state index contributed by atoms with van der Waals surface area (Å²) in [5.41, 5.74) is 0.827. The van der Waals surface area contributed by atoms with E-state index in [1.54, 1.807) is 49.7 Å². The van der Waals surface area contributed by atoms with Gasteiger partial charge in [-0.2, -0.15) is 0 Å². The third-order valence-electron chi connectivity index (χ3n) is 4.54. The van der Waals surface area contributed by atoms with Gasteiger partial charge in [0.1, 0.15) is 11.4 Å². The highest BCUT2D eigenvalue weighted by molar-refractivity contribution is 5.87. The first kappa shape index (κ1) is 16.5. The Balaban J connectivity index is 2.00. The van der Waals surface area contributed by atoms with E-state index in [9.17, 15) is 9.18 Å². The lowest BCUT2D eigenvalue weighted by molar-refractivity contribution is -0.141. The Hall–Kier alpha value is -2.34. The molecule has 1 aliphatic heterocycles. The molecule has 0 bridgehead atoms. The van der Waals surface area contributed by atoms with Crippen LogP contribution in [0.25, 0.3) is 0 Å². The van der Waals surface area contributed by atoms with Crippen molar-refractivity contribution < 1.29 is 9.18 Å². The van der Waals surface area contributed by atoms with Crippen molar-refractivity contribution in [2.24, 2.45) is 0 Å². The van der Waals surface area contributed by atoms with Crippen LogP contribution in [-0.4, -0.2) is 46.3 Å². The lowest BCUT2D eigenvalue weighted by Gasteiger charge is -2.38. The van der Waals surface area contributed by atoms with Crippen LogP contribution in [0.15, 0.2) is 42.9 Å². The molecule has 0 spiro atoms. The second-order valence-corrected chi connectivity index (χ2v) is 6.30. The highest BCUT2D eigenvalue weighted by Gasteiger charge is 2.50. The standard InChI is InChI=1S/C18H21FN4O/c1-22(2)17(24)18(16-12-20-9-10-21-16)8-3-11-23(18)13-14-4-6-15(19)7-5-14/h4-7,9-10,12H,3,8,11,13H2,1-2H3/t18-/m0/s1. The number of nitrogens with zero attached hydrogens (tertiary/aromatic N) is 4. The monoisotopic (exact) mass is 328 g/mol. The number of amides is 1. The molecule has 3 rings (SSSR count). The summed E-state index contributed by atoms with van der Waals surface area (Å²) in [5, 5.41) is 0. The summed E-state index contributed by atoms with van der Waals surface area (Å²) in [6, 6.07) is 6.41. The van der Waals surface area contributed by atoms with Crippen molar-refractivity contribution in [1.82, 2.24) is 19.8 Å². The van der Waals surface area contributed by atoms with Gasteiger partial charge in [0.05, 0.1) is 11.9 Å². The van der Waals surface area contributed by atoms with Crippen molar-refractivity contribution in [1.29, 1.82) is 0 Å². The van der Waals surface area contributed by atoms with E-state index >= 15 is 0 Å².